The van der Waals surface area contributed by atoms with Crippen LogP contribution < -0.4 is 5.32 Å². The van der Waals surface area contributed by atoms with Crippen molar-refractivity contribution in [1.82, 2.24) is 9.80 Å². The predicted octanol–water partition coefficient (Wildman–Crippen LogP) is 4.23. The second-order valence-electron chi connectivity index (χ2n) is 6.59. The summed E-state index contributed by atoms with van der Waals surface area (Å²) in [5.74, 6) is 0. The monoisotopic (exact) mass is 339 g/mol. The fraction of sp³-hybridized carbons (Fsp3) is 0.381. The average molecular weight is 339 g/mol. The number of urea groups is 1. The van der Waals surface area contributed by atoms with Crippen LogP contribution in [-0.4, -0.2) is 43.0 Å². The quantitative estimate of drug-likeness (QED) is 0.781. The average Bonchev–Trinajstić information content (AvgIpc) is 2.61. The highest BCUT2D eigenvalue weighted by Crippen LogP contribution is 2.13. The molecule has 4 nitrogen and oxygen atoms in total. The Morgan fingerprint density at radius 1 is 0.920 bits per heavy atom. The van der Waals surface area contributed by atoms with E-state index in [9.17, 15) is 4.79 Å². The fourth-order valence-electron chi connectivity index (χ4n) is 2.62. The smallest absolute Gasteiger partial charge is 0.319 e. The van der Waals surface area contributed by atoms with Crippen LogP contribution in [0.15, 0.2) is 54.6 Å². The fourth-order valence-corrected chi connectivity index (χ4v) is 2.62. The lowest BCUT2D eigenvalue weighted by Gasteiger charge is -2.25. The van der Waals surface area contributed by atoms with Gasteiger partial charge < -0.3 is 15.1 Å². The van der Waals surface area contributed by atoms with Gasteiger partial charge in [0.15, 0.2) is 0 Å². The first kappa shape index (κ1) is 19.0. The molecule has 4 heteroatoms. The minimum Gasteiger partial charge on any atom is -0.319 e. The van der Waals surface area contributed by atoms with E-state index < -0.39 is 0 Å². The molecule has 0 heterocycles. The van der Waals surface area contributed by atoms with Crippen LogP contribution in [0, 0.1) is 0 Å². The third kappa shape index (κ3) is 6.59. The number of hydrogen-bond donors (Lipinski definition) is 1. The second kappa shape index (κ2) is 9.84. The molecular weight excluding hydrogens is 310 g/mol. The first-order chi connectivity index (χ1) is 12.1. The lowest BCUT2D eigenvalue weighted by molar-refractivity contribution is 0.202. The van der Waals surface area contributed by atoms with Crippen molar-refractivity contribution in [2.75, 3.05) is 32.5 Å². The molecule has 2 aromatic rings. The molecule has 0 spiro atoms. The first-order valence-electron chi connectivity index (χ1n) is 8.92. The van der Waals surface area contributed by atoms with Crippen LogP contribution in [0.1, 0.15) is 24.5 Å². The van der Waals surface area contributed by atoms with Gasteiger partial charge in [-0.25, -0.2) is 4.79 Å². The van der Waals surface area contributed by atoms with Crippen molar-refractivity contribution in [1.29, 1.82) is 0 Å². The normalized spacial score (nSPS) is 10.7. The maximum absolute atomic E-state index is 12.7. The number of carbonyl (C=O) groups excluding carboxylic acids is 1. The van der Waals surface area contributed by atoms with Crippen LogP contribution in [0.25, 0.3) is 0 Å². The number of nitrogens with one attached hydrogen (secondary N) is 1. The van der Waals surface area contributed by atoms with Crippen LogP contribution >= 0.6 is 0 Å². The zero-order valence-corrected chi connectivity index (χ0v) is 15.5. The highest BCUT2D eigenvalue weighted by atomic mass is 16.2. The lowest BCUT2D eigenvalue weighted by atomic mass is 10.1. The van der Waals surface area contributed by atoms with Crippen LogP contribution in [0.4, 0.5) is 10.5 Å². The van der Waals surface area contributed by atoms with Crippen molar-refractivity contribution >= 4 is 11.7 Å². The summed E-state index contributed by atoms with van der Waals surface area (Å²) in [7, 11) is 4.04. The molecule has 0 unspecified atom stereocenters. The highest BCUT2D eigenvalue weighted by Gasteiger charge is 2.14. The first-order valence-corrected chi connectivity index (χ1v) is 8.92. The molecule has 0 saturated carbocycles. The number of carbonyl (C=O) groups is 1. The molecule has 2 amide bonds. The zero-order valence-electron chi connectivity index (χ0n) is 15.5. The van der Waals surface area contributed by atoms with Crippen molar-refractivity contribution in [3.63, 3.8) is 0 Å². The number of benzene rings is 2. The maximum Gasteiger partial charge on any atom is 0.322 e. The van der Waals surface area contributed by atoms with E-state index in [1.165, 1.54) is 5.56 Å². The third-order valence-corrected chi connectivity index (χ3v) is 4.06. The van der Waals surface area contributed by atoms with Gasteiger partial charge in [-0.15, -0.1) is 0 Å². The molecule has 2 rings (SSSR count). The van der Waals surface area contributed by atoms with Crippen molar-refractivity contribution < 1.29 is 4.79 Å². The summed E-state index contributed by atoms with van der Waals surface area (Å²) in [5, 5.41) is 3.02. The van der Waals surface area contributed by atoms with Crippen LogP contribution in [0.5, 0.6) is 0 Å². The SMILES string of the molecule is CCCc1ccc(NC(=O)N(CCN(C)C)Cc2ccccc2)cc1. The van der Waals surface area contributed by atoms with Crippen LogP contribution in [-0.2, 0) is 13.0 Å². The number of rotatable bonds is 8. The predicted molar refractivity (Wildman–Crippen MR) is 105 cm³/mol. The van der Waals surface area contributed by atoms with Gasteiger partial charge in [-0.3, -0.25) is 0 Å². The molecule has 0 aliphatic rings. The Kier molecular flexibility index (Phi) is 7.48. The molecule has 25 heavy (non-hydrogen) atoms. The summed E-state index contributed by atoms with van der Waals surface area (Å²) in [6.07, 6.45) is 2.19. The van der Waals surface area contributed by atoms with Crippen molar-refractivity contribution in [2.24, 2.45) is 0 Å². The minimum atomic E-state index is -0.0612. The molecule has 2 aromatic carbocycles. The Bertz CT molecular complexity index is 638. The summed E-state index contributed by atoms with van der Waals surface area (Å²) in [6.45, 7) is 4.29. The Balaban J connectivity index is 2.02. The number of hydrogen-bond acceptors (Lipinski definition) is 2. The van der Waals surface area contributed by atoms with E-state index >= 15 is 0 Å². The molecule has 1 N–H and O–H groups in total. The van der Waals surface area contributed by atoms with Gasteiger partial charge in [-0.05, 0) is 43.8 Å². The standard InChI is InChI=1S/C21H29N3O/c1-4-8-18-11-13-20(14-12-18)22-21(25)24(16-15-23(2)3)17-19-9-6-5-7-10-19/h5-7,9-14H,4,8,15-17H2,1-3H3,(H,22,25). The molecule has 0 aromatic heterocycles. The van der Waals surface area contributed by atoms with Gasteiger partial charge in [0.05, 0.1) is 0 Å². The number of likely N-dealkylation sites (N-methyl/N-ethyl adjacent to an activating group) is 1. The van der Waals surface area contributed by atoms with Gasteiger partial charge in [0.1, 0.15) is 0 Å². The molecular formula is C21H29N3O. The molecule has 0 aliphatic carbocycles. The van der Waals surface area contributed by atoms with E-state index in [0.29, 0.717) is 13.1 Å². The van der Waals surface area contributed by atoms with E-state index in [1.54, 1.807) is 0 Å². The van der Waals surface area contributed by atoms with E-state index in [0.717, 1.165) is 30.6 Å². The summed E-state index contributed by atoms with van der Waals surface area (Å²) in [6, 6.07) is 18.2. The van der Waals surface area contributed by atoms with Crippen molar-refractivity contribution in [2.45, 2.75) is 26.3 Å². The molecule has 0 fully saturated rings. The van der Waals surface area contributed by atoms with Crippen molar-refractivity contribution in [3.8, 4) is 0 Å². The Morgan fingerprint density at radius 3 is 2.20 bits per heavy atom. The van der Waals surface area contributed by atoms with E-state index in [2.05, 4.69) is 41.4 Å². The molecule has 0 radical (unpaired) electrons. The minimum absolute atomic E-state index is 0.0612. The van der Waals surface area contributed by atoms with Crippen molar-refractivity contribution in [3.05, 3.63) is 65.7 Å². The highest BCUT2D eigenvalue weighted by molar-refractivity contribution is 5.89. The van der Waals surface area contributed by atoms with Crippen LogP contribution in [0.3, 0.4) is 0 Å². The Morgan fingerprint density at radius 2 is 1.60 bits per heavy atom. The molecule has 134 valence electrons. The molecule has 0 atom stereocenters. The topological polar surface area (TPSA) is 35.6 Å². The van der Waals surface area contributed by atoms with E-state index in [1.807, 2.05) is 49.3 Å². The summed E-state index contributed by atoms with van der Waals surface area (Å²) in [4.78, 5) is 16.7. The Hall–Kier alpha value is -2.33. The Labute approximate surface area is 151 Å². The zero-order chi connectivity index (χ0) is 18.1. The van der Waals surface area contributed by atoms with Crippen LogP contribution in [0.2, 0.25) is 0 Å². The summed E-state index contributed by atoms with van der Waals surface area (Å²) >= 11 is 0. The number of aryl methyl sites for hydroxylation is 1. The molecule has 0 bridgehead atoms. The molecule has 0 saturated heterocycles. The third-order valence-electron chi connectivity index (χ3n) is 4.06. The molecule has 0 aliphatic heterocycles. The number of amides is 2. The van der Waals surface area contributed by atoms with Gasteiger partial charge in [0.25, 0.3) is 0 Å². The van der Waals surface area contributed by atoms with E-state index in [-0.39, 0.29) is 6.03 Å². The number of anilines is 1. The summed E-state index contributed by atoms with van der Waals surface area (Å²) in [5.41, 5.74) is 3.27. The summed E-state index contributed by atoms with van der Waals surface area (Å²) < 4.78 is 0. The van der Waals surface area contributed by atoms with Gasteiger partial charge >= 0.3 is 6.03 Å². The second-order valence-corrected chi connectivity index (χ2v) is 6.59. The van der Waals surface area contributed by atoms with Gasteiger partial charge in [-0.2, -0.15) is 0 Å². The maximum atomic E-state index is 12.7. The van der Waals surface area contributed by atoms with E-state index in [4.69, 9.17) is 0 Å². The number of nitrogens with zero attached hydrogens (tertiary/aromatic N) is 2. The lowest BCUT2D eigenvalue weighted by Crippen LogP contribution is -2.39. The largest absolute Gasteiger partial charge is 0.322 e. The van der Waals surface area contributed by atoms with Gasteiger partial charge in [-0.1, -0.05) is 55.8 Å². The van der Waals surface area contributed by atoms with Gasteiger partial charge in [0, 0.05) is 25.3 Å². The van der Waals surface area contributed by atoms with Gasteiger partial charge in [0.2, 0.25) is 0 Å².